The number of methoxy groups -OCH3 is 2. The first-order chi connectivity index (χ1) is 19.0. The molecule has 0 aromatic heterocycles. The molecule has 0 atom stereocenters. The number of rotatable bonds is 16. The van der Waals surface area contributed by atoms with E-state index in [0.717, 1.165) is 6.42 Å². The van der Waals surface area contributed by atoms with E-state index in [4.69, 9.17) is 18.9 Å². The van der Waals surface area contributed by atoms with Gasteiger partial charge in [-0.05, 0) is 37.1 Å². The lowest BCUT2D eigenvalue weighted by atomic mass is 10.1. The fraction of sp³-hybridized carbons (Fsp3) is 0.360. The third-order valence-corrected chi connectivity index (χ3v) is 4.81. The van der Waals surface area contributed by atoms with E-state index in [0.29, 0.717) is 25.7 Å². The minimum absolute atomic E-state index is 0.0520. The Kier molecular flexibility index (Phi) is 14.0. The van der Waals surface area contributed by atoms with E-state index in [1.807, 2.05) is 0 Å². The van der Waals surface area contributed by atoms with Crippen LogP contribution in [-0.4, -0.2) is 51.7 Å². The third kappa shape index (κ3) is 11.6. The molecule has 14 nitrogen and oxygen atoms in total. The van der Waals surface area contributed by atoms with Gasteiger partial charge in [-0.3, -0.25) is 9.78 Å². The predicted octanol–water partition coefficient (Wildman–Crippen LogP) is 4.67. The molecule has 2 rings (SSSR count). The fourth-order valence-corrected chi connectivity index (χ4v) is 2.96. The molecule has 0 N–H and O–H groups in total. The number of carbonyl (C=O) groups excluding carboxylic acids is 4. The lowest BCUT2D eigenvalue weighted by molar-refractivity contribution is -0.452. The highest BCUT2D eigenvalue weighted by molar-refractivity contribution is 5.92. The van der Waals surface area contributed by atoms with Gasteiger partial charge in [0.1, 0.15) is 22.6 Å². The van der Waals surface area contributed by atoms with Crippen LogP contribution in [0.2, 0.25) is 0 Å². The molecule has 0 radical (unpaired) electrons. The monoisotopic (exact) mass is 552 g/mol. The summed E-state index contributed by atoms with van der Waals surface area (Å²) in [6.07, 6.45) is 0.898. The summed E-state index contributed by atoms with van der Waals surface area (Å²) in [6, 6.07) is 12.5. The van der Waals surface area contributed by atoms with E-state index in [9.17, 15) is 19.2 Å². The summed E-state index contributed by atoms with van der Waals surface area (Å²) in [5, 5.41) is 8.30. The van der Waals surface area contributed by atoms with Crippen LogP contribution in [-0.2, 0) is 39.1 Å². The van der Waals surface area contributed by atoms with E-state index < -0.39 is 24.2 Å². The number of hydrogen-bond donors (Lipinski definition) is 0. The Morgan fingerprint density at radius 3 is 1.33 bits per heavy atom. The minimum atomic E-state index is -1.18. The average molecular weight is 552 g/mol. The zero-order valence-corrected chi connectivity index (χ0v) is 21.3. The molecule has 2 aromatic rings. The van der Waals surface area contributed by atoms with E-state index in [1.165, 1.54) is 26.4 Å². The normalized spacial score (nSPS) is 10.1. The van der Waals surface area contributed by atoms with Crippen LogP contribution in [0, 0.1) is 0 Å². The summed E-state index contributed by atoms with van der Waals surface area (Å²) >= 11 is 0. The summed E-state index contributed by atoms with van der Waals surface area (Å²) in [5.41, 5.74) is 0.164. The SMILES string of the molecule is COc1ccccc1C(=O)OOOC(=O)OCCCCCCCOC(=O)OOOC(=O)c1ccccc1OC. The van der Waals surface area contributed by atoms with Crippen molar-refractivity contribution in [1.29, 1.82) is 0 Å². The van der Waals surface area contributed by atoms with Crippen molar-refractivity contribution < 1.29 is 67.8 Å². The molecule has 0 saturated carbocycles. The van der Waals surface area contributed by atoms with Crippen molar-refractivity contribution in [2.75, 3.05) is 27.4 Å². The van der Waals surface area contributed by atoms with Gasteiger partial charge in [-0.15, -0.1) is 0 Å². The van der Waals surface area contributed by atoms with Crippen LogP contribution in [0.5, 0.6) is 11.5 Å². The zero-order chi connectivity index (χ0) is 28.3. The molecule has 14 heteroatoms. The van der Waals surface area contributed by atoms with Crippen molar-refractivity contribution in [3.8, 4) is 11.5 Å². The van der Waals surface area contributed by atoms with E-state index in [-0.39, 0.29) is 35.8 Å². The van der Waals surface area contributed by atoms with Gasteiger partial charge in [0, 0.05) is 0 Å². The molecule has 0 aliphatic heterocycles. The van der Waals surface area contributed by atoms with E-state index in [2.05, 4.69) is 29.6 Å². The Hall–Kier alpha value is -4.56. The minimum Gasteiger partial charge on any atom is -0.496 e. The van der Waals surface area contributed by atoms with E-state index in [1.54, 1.807) is 36.4 Å². The first-order valence-electron chi connectivity index (χ1n) is 11.7. The number of ether oxygens (including phenoxy) is 4. The van der Waals surface area contributed by atoms with Crippen LogP contribution in [0.25, 0.3) is 0 Å². The molecule has 0 aliphatic carbocycles. The maximum Gasteiger partial charge on any atom is 0.543 e. The highest BCUT2D eigenvalue weighted by atomic mass is 17.5. The number of benzene rings is 2. The Balaban J connectivity index is 1.42. The lowest BCUT2D eigenvalue weighted by Gasteiger charge is -2.07. The van der Waals surface area contributed by atoms with Gasteiger partial charge in [0.2, 0.25) is 0 Å². The molecule has 0 saturated heterocycles. The number of hydrogen-bond acceptors (Lipinski definition) is 14. The van der Waals surface area contributed by atoms with Gasteiger partial charge in [-0.25, -0.2) is 29.0 Å². The molecule has 0 unspecified atom stereocenters. The molecule has 39 heavy (non-hydrogen) atoms. The molecule has 0 amide bonds. The molecular weight excluding hydrogens is 524 g/mol. The molecule has 0 spiro atoms. The number of unbranched alkanes of at least 4 members (excludes halogenated alkanes) is 4. The number of para-hydroxylation sites is 2. The van der Waals surface area contributed by atoms with Crippen LogP contribution in [0.3, 0.4) is 0 Å². The van der Waals surface area contributed by atoms with Gasteiger partial charge in [-0.2, -0.15) is 0 Å². The van der Waals surface area contributed by atoms with Crippen molar-refractivity contribution in [2.45, 2.75) is 32.1 Å². The standard InChI is InChI=1S/C25H28O14/c1-30-20-14-8-6-12-18(20)22(26)34-38-36-24(28)32-16-10-4-3-5-11-17-33-25(29)37-39-35-23(27)19-13-7-9-15-21(19)31-2/h6-9,12-15H,3-5,10-11,16-17H2,1-2H3. The third-order valence-electron chi connectivity index (χ3n) is 4.81. The van der Waals surface area contributed by atoms with E-state index >= 15 is 0 Å². The highest BCUT2D eigenvalue weighted by Gasteiger charge is 2.17. The quantitative estimate of drug-likeness (QED) is 0.122. The van der Waals surface area contributed by atoms with Crippen LogP contribution in [0.15, 0.2) is 48.5 Å². The predicted molar refractivity (Wildman–Crippen MR) is 127 cm³/mol. The lowest BCUT2D eigenvalue weighted by Crippen LogP contribution is -2.13. The molecule has 0 heterocycles. The maximum absolute atomic E-state index is 11.9. The zero-order valence-electron chi connectivity index (χ0n) is 21.3. The summed E-state index contributed by atoms with van der Waals surface area (Å²) in [4.78, 5) is 63.8. The topological polar surface area (TPSA) is 161 Å². The van der Waals surface area contributed by atoms with Crippen molar-refractivity contribution in [3.63, 3.8) is 0 Å². The molecule has 212 valence electrons. The Labute approximate surface area is 223 Å². The second kappa shape index (κ2) is 17.8. The van der Waals surface area contributed by atoms with Crippen molar-refractivity contribution in [3.05, 3.63) is 59.7 Å². The second-order valence-electron chi connectivity index (χ2n) is 7.41. The molecule has 0 bridgehead atoms. The van der Waals surface area contributed by atoms with Gasteiger partial charge >= 0.3 is 24.2 Å². The van der Waals surface area contributed by atoms with Crippen molar-refractivity contribution in [2.24, 2.45) is 0 Å². The van der Waals surface area contributed by atoms with Crippen LogP contribution < -0.4 is 9.47 Å². The largest absolute Gasteiger partial charge is 0.543 e. The summed E-state index contributed by atoms with van der Waals surface area (Å²) in [6.45, 7) is 0.104. The van der Waals surface area contributed by atoms with Gasteiger partial charge in [0.05, 0.1) is 37.5 Å². The summed E-state index contributed by atoms with van der Waals surface area (Å²) < 4.78 is 19.6. The second-order valence-corrected chi connectivity index (χ2v) is 7.41. The molecule has 0 fully saturated rings. The van der Waals surface area contributed by atoms with Gasteiger partial charge in [0.15, 0.2) is 0 Å². The van der Waals surface area contributed by atoms with Gasteiger partial charge < -0.3 is 18.9 Å². The van der Waals surface area contributed by atoms with Gasteiger partial charge in [-0.1, -0.05) is 43.5 Å². The van der Waals surface area contributed by atoms with Crippen LogP contribution in [0.1, 0.15) is 52.8 Å². The summed E-state index contributed by atoms with van der Waals surface area (Å²) in [7, 11) is 2.77. The summed E-state index contributed by atoms with van der Waals surface area (Å²) in [5.74, 6) is -1.31. The van der Waals surface area contributed by atoms with Crippen molar-refractivity contribution >= 4 is 24.2 Å². The average Bonchev–Trinajstić information content (AvgIpc) is 2.96. The number of carbonyl (C=O) groups is 4. The van der Waals surface area contributed by atoms with Crippen LogP contribution in [0.4, 0.5) is 9.59 Å². The molecular formula is C25H28O14. The molecule has 2 aromatic carbocycles. The fourth-order valence-electron chi connectivity index (χ4n) is 2.96. The Morgan fingerprint density at radius 1 is 0.538 bits per heavy atom. The smallest absolute Gasteiger partial charge is 0.496 e. The first-order valence-corrected chi connectivity index (χ1v) is 11.7. The first kappa shape index (κ1) is 30.7. The highest BCUT2D eigenvalue weighted by Crippen LogP contribution is 2.19. The molecule has 0 aliphatic rings. The van der Waals surface area contributed by atoms with Crippen molar-refractivity contribution in [1.82, 2.24) is 0 Å². The Morgan fingerprint density at radius 2 is 0.923 bits per heavy atom. The Bertz CT molecular complexity index is 987. The maximum atomic E-state index is 11.9. The van der Waals surface area contributed by atoms with Crippen LogP contribution >= 0.6 is 0 Å². The van der Waals surface area contributed by atoms with Gasteiger partial charge in [0.25, 0.3) is 0 Å².